The molecule has 33 heavy (non-hydrogen) atoms. The Morgan fingerprint density at radius 3 is 2.33 bits per heavy atom. The number of benzene rings is 2. The predicted molar refractivity (Wildman–Crippen MR) is 123 cm³/mol. The SMILES string of the molecule is COc1ccc(NC(=O)c2cc(S(N)(=O)=O)ccc2N2CCOCC2)cc1S(=O)(=O)N(C)C. The largest absolute Gasteiger partial charge is 0.495 e. The summed E-state index contributed by atoms with van der Waals surface area (Å²) in [6.45, 7) is 1.95. The van der Waals surface area contributed by atoms with Gasteiger partial charge in [-0.3, -0.25) is 4.79 Å². The molecule has 0 unspecified atom stereocenters. The number of ether oxygens (including phenoxy) is 2. The van der Waals surface area contributed by atoms with Crippen LogP contribution in [-0.2, 0) is 24.8 Å². The zero-order valence-electron chi connectivity index (χ0n) is 18.4. The number of sulfonamides is 2. The molecule has 1 fully saturated rings. The minimum atomic E-state index is -4.05. The van der Waals surface area contributed by atoms with E-state index in [2.05, 4.69) is 5.32 Å². The van der Waals surface area contributed by atoms with E-state index >= 15 is 0 Å². The molecule has 3 rings (SSSR count). The van der Waals surface area contributed by atoms with Gasteiger partial charge >= 0.3 is 0 Å². The number of morpholine rings is 1. The highest BCUT2D eigenvalue weighted by Crippen LogP contribution is 2.30. The minimum Gasteiger partial charge on any atom is -0.495 e. The average Bonchev–Trinajstić information content (AvgIpc) is 2.78. The Kier molecular flexibility index (Phi) is 7.29. The van der Waals surface area contributed by atoms with Crippen molar-refractivity contribution in [3.05, 3.63) is 42.0 Å². The molecular formula is C20H26N4O7S2. The molecule has 0 radical (unpaired) electrons. The molecule has 1 aliphatic heterocycles. The van der Waals surface area contributed by atoms with Crippen LogP contribution >= 0.6 is 0 Å². The quantitative estimate of drug-likeness (QED) is 0.566. The van der Waals surface area contributed by atoms with Crippen molar-refractivity contribution in [3.8, 4) is 5.75 Å². The van der Waals surface area contributed by atoms with Gasteiger partial charge in [-0.15, -0.1) is 0 Å². The first-order valence-electron chi connectivity index (χ1n) is 9.86. The number of carbonyl (C=O) groups excluding carboxylic acids is 1. The van der Waals surface area contributed by atoms with Crippen molar-refractivity contribution in [2.45, 2.75) is 9.79 Å². The molecule has 1 saturated heterocycles. The van der Waals surface area contributed by atoms with Crippen LogP contribution in [0, 0.1) is 0 Å². The maximum atomic E-state index is 13.2. The third-order valence-electron chi connectivity index (χ3n) is 5.07. The minimum absolute atomic E-state index is 0.0799. The van der Waals surface area contributed by atoms with Gasteiger partial charge in [-0.1, -0.05) is 0 Å². The molecule has 1 aliphatic rings. The molecule has 180 valence electrons. The number of rotatable bonds is 7. The van der Waals surface area contributed by atoms with E-state index in [0.29, 0.717) is 32.0 Å². The first-order valence-corrected chi connectivity index (χ1v) is 12.8. The Morgan fingerprint density at radius 2 is 1.76 bits per heavy atom. The molecule has 1 heterocycles. The predicted octanol–water partition coefficient (Wildman–Crippen LogP) is 0.682. The molecule has 0 aliphatic carbocycles. The number of amides is 1. The molecule has 13 heteroatoms. The van der Waals surface area contributed by atoms with Crippen LogP contribution in [0.15, 0.2) is 46.2 Å². The normalized spacial score (nSPS) is 14.9. The molecule has 1 amide bonds. The molecule has 0 saturated carbocycles. The van der Waals surface area contributed by atoms with E-state index in [9.17, 15) is 21.6 Å². The second kappa shape index (κ2) is 9.65. The fourth-order valence-corrected chi connectivity index (χ4v) is 4.92. The van der Waals surface area contributed by atoms with Gasteiger partial charge in [-0.05, 0) is 36.4 Å². The number of anilines is 2. The second-order valence-corrected chi connectivity index (χ2v) is 11.1. The highest BCUT2D eigenvalue weighted by Gasteiger charge is 2.25. The number of nitrogens with one attached hydrogen (secondary N) is 1. The highest BCUT2D eigenvalue weighted by atomic mass is 32.2. The van der Waals surface area contributed by atoms with Crippen molar-refractivity contribution in [1.82, 2.24) is 4.31 Å². The maximum Gasteiger partial charge on any atom is 0.257 e. The Balaban J connectivity index is 2.03. The van der Waals surface area contributed by atoms with Gasteiger partial charge in [-0.25, -0.2) is 26.3 Å². The third-order valence-corrected chi connectivity index (χ3v) is 7.82. The van der Waals surface area contributed by atoms with Crippen LogP contribution < -0.4 is 20.1 Å². The summed E-state index contributed by atoms with van der Waals surface area (Å²) in [5.74, 6) is -0.507. The third kappa shape index (κ3) is 5.45. The van der Waals surface area contributed by atoms with Gasteiger partial charge in [0.15, 0.2) is 0 Å². The monoisotopic (exact) mass is 498 g/mol. The summed E-state index contributed by atoms with van der Waals surface area (Å²) in [4.78, 5) is 14.8. The Morgan fingerprint density at radius 1 is 1.09 bits per heavy atom. The van der Waals surface area contributed by atoms with E-state index in [1.165, 1.54) is 57.6 Å². The Bertz CT molecular complexity index is 1260. The summed E-state index contributed by atoms with van der Waals surface area (Å²) in [5, 5.41) is 7.90. The zero-order chi connectivity index (χ0) is 24.4. The summed E-state index contributed by atoms with van der Waals surface area (Å²) in [6.07, 6.45) is 0. The zero-order valence-corrected chi connectivity index (χ0v) is 20.1. The van der Waals surface area contributed by atoms with Gasteiger partial charge < -0.3 is 19.7 Å². The smallest absolute Gasteiger partial charge is 0.257 e. The summed E-state index contributed by atoms with van der Waals surface area (Å²) < 4.78 is 60.6. The van der Waals surface area contributed by atoms with Gasteiger partial charge in [0, 0.05) is 38.6 Å². The number of carbonyl (C=O) groups is 1. The lowest BCUT2D eigenvalue weighted by Gasteiger charge is -2.30. The van der Waals surface area contributed by atoms with Gasteiger partial charge in [-0.2, -0.15) is 0 Å². The Hall–Kier alpha value is -2.71. The lowest BCUT2D eigenvalue weighted by Crippen LogP contribution is -2.37. The fraction of sp³-hybridized carbons (Fsp3) is 0.350. The topological polar surface area (TPSA) is 148 Å². The summed E-state index contributed by atoms with van der Waals surface area (Å²) in [7, 11) is -3.80. The standard InChI is InChI=1S/C20H26N4O7S2/c1-23(2)33(28,29)19-12-14(4-7-18(19)30-3)22-20(25)16-13-15(32(21,26)27)5-6-17(16)24-8-10-31-11-9-24/h4-7,12-13H,8-11H2,1-3H3,(H,22,25)(H2,21,26,27). The number of hydrogen-bond acceptors (Lipinski definition) is 8. The number of methoxy groups -OCH3 is 1. The van der Waals surface area contributed by atoms with Crippen molar-refractivity contribution in [2.24, 2.45) is 5.14 Å². The van der Waals surface area contributed by atoms with Crippen molar-refractivity contribution in [1.29, 1.82) is 0 Å². The van der Waals surface area contributed by atoms with Crippen molar-refractivity contribution in [2.75, 3.05) is 57.7 Å². The van der Waals surface area contributed by atoms with E-state index in [-0.39, 0.29) is 26.8 Å². The average molecular weight is 499 g/mol. The summed E-state index contributed by atoms with van der Waals surface area (Å²) >= 11 is 0. The molecule has 11 nitrogen and oxygen atoms in total. The first-order chi connectivity index (χ1) is 15.4. The van der Waals surface area contributed by atoms with Gasteiger partial charge in [0.2, 0.25) is 20.0 Å². The van der Waals surface area contributed by atoms with Crippen LogP contribution in [0.1, 0.15) is 10.4 Å². The number of nitrogens with two attached hydrogens (primary N) is 1. The lowest BCUT2D eigenvalue weighted by molar-refractivity contribution is 0.102. The van der Waals surface area contributed by atoms with Crippen LogP contribution in [0.5, 0.6) is 5.75 Å². The molecule has 3 N–H and O–H groups in total. The summed E-state index contributed by atoms with van der Waals surface area (Å²) in [6, 6.07) is 8.27. The molecule has 0 bridgehead atoms. The van der Waals surface area contributed by atoms with Crippen molar-refractivity contribution < 1.29 is 31.1 Å². The van der Waals surface area contributed by atoms with Crippen LogP contribution in [-0.4, -0.2) is 74.6 Å². The maximum absolute atomic E-state index is 13.2. The van der Waals surface area contributed by atoms with E-state index in [4.69, 9.17) is 14.6 Å². The molecule has 0 aromatic heterocycles. The number of nitrogens with zero attached hydrogens (tertiary/aromatic N) is 2. The van der Waals surface area contributed by atoms with E-state index in [1.54, 1.807) is 0 Å². The first kappa shape index (κ1) is 24.9. The lowest BCUT2D eigenvalue weighted by atomic mass is 10.1. The fourth-order valence-electron chi connectivity index (χ4n) is 3.31. The van der Waals surface area contributed by atoms with E-state index in [1.807, 2.05) is 4.90 Å². The van der Waals surface area contributed by atoms with E-state index in [0.717, 1.165) is 4.31 Å². The second-order valence-electron chi connectivity index (χ2n) is 7.43. The van der Waals surface area contributed by atoms with E-state index < -0.39 is 26.0 Å². The van der Waals surface area contributed by atoms with Crippen LogP contribution in [0.3, 0.4) is 0 Å². The van der Waals surface area contributed by atoms with Gasteiger partial charge in [0.1, 0.15) is 10.6 Å². The van der Waals surface area contributed by atoms with Crippen molar-refractivity contribution in [3.63, 3.8) is 0 Å². The molecular weight excluding hydrogens is 472 g/mol. The van der Waals surface area contributed by atoms with Crippen LogP contribution in [0.25, 0.3) is 0 Å². The Labute approximate surface area is 193 Å². The summed E-state index contributed by atoms with van der Waals surface area (Å²) in [5.41, 5.74) is 0.782. The number of primary sulfonamides is 1. The van der Waals surface area contributed by atoms with Crippen molar-refractivity contribution >= 4 is 37.3 Å². The highest BCUT2D eigenvalue weighted by molar-refractivity contribution is 7.89. The van der Waals surface area contributed by atoms with Crippen LogP contribution in [0.4, 0.5) is 11.4 Å². The molecule has 2 aromatic rings. The molecule has 0 spiro atoms. The molecule has 2 aromatic carbocycles. The number of hydrogen-bond donors (Lipinski definition) is 2. The van der Waals surface area contributed by atoms with Gasteiger partial charge in [0.25, 0.3) is 5.91 Å². The van der Waals surface area contributed by atoms with Crippen LogP contribution in [0.2, 0.25) is 0 Å². The van der Waals surface area contributed by atoms with Gasteiger partial charge in [0.05, 0.1) is 30.8 Å². The molecule has 0 atom stereocenters.